The van der Waals surface area contributed by atoms with Gasteiger partial charge in [-0.2, -0.15) is 0 Å². The van der Waals surface area contributed by atoms with Crippen molar-refractivity contribution >= 4 is 5.78 Å². The average molecular weight is 253 g/mol. The molecule has 0 aliphatic heterocycles. The number of ether oxygens (including phenoxy) is 1. The third-order valence-electron chi connectivity index (χ3n) is 2.55. The number of hydrogen-bond acceptors (Lipinski definition) is 3. The van der Waals surface area contributed by atoms with Crippen LogP contribution in [-0.4, -0.2) is 37.9 Å². The fraction of sp³-hybridized carbons (Fsp3) is 0.500. The van der Waals surface area contributed by atoms with Crippen molar-refractivity contribution in [2.45, 2.75) is 13.8 Å². The Labute approximate surface area is 108 Å². The Morgan fingerprint density at radius 3 is 2.67 bits per heavy atom. The zero-order chi connectivity index (χ0) is 13.7. The maximum absolute atomic E-state index is 13.2. The van der Waals surface area contributed by atoms with Gasteiger partial charge in [0, 0.05) is 6.54 Å². The van der Waals surface area contributed by atoms with Gasteiger partial charge in [-0.05, 0) is 31.2 Å². The second-order valence-corrected chi connectivity index (χ2v) is 4.86. The monoisotopic (exact) mass is 253 g/mol. The highest BCUT2D eigenvalue weighted by Gasteiger charge is 2.15. The molecule has 0 saturated heterocycles. The number of ketones is 1. The summed E-state index contributed by atoms with van der Waals surface area (Å²) in [5.74, 6) is 0.344. The Morgan fingerprint density at radius 2 is 2.11 bits per heavy atom. The summed E-state index contributed by atoms with van der Waals surface area (Å²) in [6.45, 7) is 5.26. The zero-order valence-corrected chi connectivity index (χ0v) is 11.4. The first kappa shape index (κ1) is 14.6. The lowest BCUT2D eigenvalue weighted by Crippen LogP contribution is -2.29. The summed E-state index contributed by atoms with van der Waals surface area (Å²) in [7, 11) is 3.35. The van der Waals surface area contributed by atoms with E-state index in [1.54, 1.807) is 0 Å². The Hall–Kier alpha value is -1.42. The predicted molar refractivity (Wildman–Crippen MR) is 69.6 cm³/mol. The van der Waals surface area contributed by atoms with Gasteiger partial charge in [0.15, 0.2) is 5.78 Å². The molecule has 4 heteroatoms. The lowest BCUT2D eigenvalue weighted by atomic mass is 10.1. The summed E-state index contributed by atoms with van der Waals surface area (Å²) >= 11 is 0. The number of nitrogens with zero attached hydrogens (tertiary/aromatic N) is 1. The summed E-state index contributed by atoms with van der Waals surface area (Å²) in [5.41, 5.74) is 0.299. The molecule has 0 amide bonds. The van der Waals surface area contributed by atoms with Crippen molar-refractivity contribution in [2.24, 2.45) is 5.92 Å². The average Bonchev–Trinajstić information content (AvgIpc) is 2.27. The smallest absolute Gasteiger partial charge is 0.180 e. The van der Waals surface area contributed by atoms with Gasteiger partial charge in [-0.25, -0.2) is 4.39 Å². The molecule has 100 valence electrons. The van der Waals surface area contributed by atoms with Gasteiger partial charge in [-0.3, -0.25) is 9.69 Å². The number of halogens is 1. The van der Waals surface area contributed by atoms with Gasteiger partial charge in [-0.1, -0.05) is 13.8 Å². The van der Waals surface area contributed by atoms with Crippen molar-refractivity contribution in [2.75, 3.05) is 27.2 Å². The van der Waals surface area contributed by atoms with Crippen LogP contribution < -0.4 is 4.74 Å². The van der Waals surface area contributed by atoms with Crippen LogP contribution in [-0.2, 0) is 0 Å². The zero-order valence-electron chi connectivity index (χ0n) is 11.4. The van der Waals surface area contributed by atoms with Crippen LogP contribution in [0.15, 0.2) is 18.2 Å². The van der Waals surface area contributed by atoms with Crippen LogP contribution in [0.25, 0.3) is 0 Å². The van der Waals surface area contributed by atoms with Crippen molar-refractivity contribution in [1.82, 2.24) is 4.90 Å². The normalized spacial score (nSPS) is 11.1. The van der Waals surface area contributed by atoms with Crippen molar-refractivity contribution in [3.63, 3.8) is 0 Å². The maximum Gasteiger partial charge on any atom is 0.180 e. The summed E-state index contributed by atoms with van der Waals surface area (Å²) < 4.78 is 18.2. The third-order valence-corrected chi connectivity index (χ3v) is 2.55. The van der Waals surface area contributed by atoms with E-state index in [1.165, 1.54) is 25.3 Å². The van der Waals surface area contributed by atoms with Crippen LogP contribution in [0, 0.1) is 11.7 Å². The molecule has 0 bridgehead atoms. The number of rotatable bonds is 6. The Bertz CT molecular complexity index is 418. The van der Waals surface area contributed by atoms with Crippen molar-refractivity contribution in [3.8, 4) is 5.75 Å². The van der Waals surface area contributed by atoms with Gasteiger partial charge in [0.1, 0.15) is 11.6 Å². The van der Waals surface area contributed by atoms with Gasteiger partial charge >= 0.3 is 0 Å². The molecular weight excluding hydrogens is 233 g/mol. The molecule has 1 aromatic carbocycles. The molecule has 0 radical (unpaired) electrons. The summed E-state index contributed by atoms with van der Waals surface area (Å²) in [4.78, 5) is 14.0. The molecule has 0 fully saturated rings. The van der Waals surface area contributed by atoms with Crippen LogP contribution in [0.2, 0.25) is 0 Å². The van der Waals surface area contributed by atoms with Crippen molar-refractivity contribution in [3.05, 3.63) is 29.6 Å². The summed E-state index contributed by atoms with van der Waals surface area (Å²) in [5, 5.41) is 0. The molecular formula is C14H20FNO2. The van der Waals surface area contributed by atoms with E-state index < -0.39 is 5.82 Å². The Balaban J connectivity index is 2.80. The highest BCUT2D eigenvalue weighted by molar-refractivity contribution is 6.00. The van der Waals surface area contributed by atoms with E-state index in [2.05, 4.69) is 13.8 Å². The summed E-state index contributed by atoms with van der Waals surface area (Å²) in [6.07, 6.45) is 0. The van der Waals surface area contributed by atoms with Gasteiger partial charge in [-0.15, -0.1) is 0 Å². The number of hydrogen-bond donors (Lipinski definition) is 0. The predicted octanol–water partition coefficient (Wildman–Crippen LogP) is 2.60. The van der Waals surface area contributed by atoms with Crippen LogP contribution in [0.1, 0.15) is 24.2 Å². The molecule has 0 aromatic heterocycles. The van der Waals surface area contributed by atoms with Crippen LogP contribution in [0.4, 0.5) is 4.39 Å². The second kappa shape index (κ2) is 6.50. The number of carbonyl (C=O) groups is 1. The maximum atomic E-state index is 13.2. The molecule has 0 N–H and O–H groups in total. The molecule has 0 saturated carbocycles. The van der Waals surface area contributed by atoms with Crippen LogP contribution in [0.3, 0.4) is 0 Å². The fourth-order valence-electron chi connectivity index (χ4n) is 1.92. The molecule has 0 heterocycles. The minimum Gasteiger partial charge on any atom is -0.496 e. The Kier molecular flexibility index (Phi) is 5.28. The van der Waals surface area contributed by atoms with Crippen LogP contribution in [0.5, 0.6) is 5.75 Å². The second-order valence-electron chi connectivity index (χ2n) is 4.86. The quantitative estimate of drug-likeness (QED) is 0.730. The van der Waals surface area contributed by atoms with E-state index >= 15 is 0 Å². The molecule has 0 aliphatic rings. The van der Waals surface area contributed by atoms with Crippen molar-refractivity contribution in [1.29, 1.82) is 0 Å². The van der Waals surface area contributed by atoms with E-state index in [-0.39, 0.29) is 12.3 Å². The molecule has 0 aliphatic carbocycles. The molecule has 0 spiro atoms. The molecule has 1 aromatic rings. The highest BCUT2D eigenvalue weighted by atomic mass is 19.1. The third kappa shape index (κ3) is 4.11. The molecule has 0 unspecified atom stereocenters. The number of carbonyl (C=O) groups excluding carboxylic acids is 1. The summed E-state index contributed by atoms with van der Waals surface area (Å²) in [6, 6.07) is 3.99. The van der Waals surface area contributed by atoms with E-state index in [4.69, 9.17) is 4.74 Å². The SMILES string of the molecule is COc1ccc(F)cc1C(=O)CN(C)CC(C)C. The van der Waals surface area contributed by atoms with Gasteiger partial charge in [0.05, 0.1) is 19.2 Å². The Morgan fingerprint density at radius 1 is 1.44 bits per heavy atom. The lowest BCUT2D eigenvalue weighted by Gasteiger charge is -2.18. The first-order valence-electron chi connectivity index (χ1n) is 5.99. The molecule has 3 nitrogen and oxygen atoms in total. The largest absolute Gasteiger partial charge is 0.496 e. The van der Waals surface area contributed by atoms with Gasteiger partial charge in [0.25, 0.3) is 0 Å². The number of likely N-dealkylation sites (N-methyl/N-ethyl adjacent to an activating group) is 1. The van der Waals surface area contributed by atoms with Gasteiger partial charge < -0.3 is 4.74 Å². The van der Waals surface area contributed by atoms with Gasteiger partial charge in [0.2, 0.25) is 0 Å². The first-order valence-corrected chi connectivity index (χ1v) is 5.99. The van der Waals surface area contributed by atoms with E-state index in [0.29, 0.717) is 17.2 Å². The number of benzene rings is 1. The molecule has 18 heavy (non-hydrogen) atoms. The highest BCUT2D eigenvalue weighted by Crippen LogP contribution is 2.20. The standard InChI is InChI=1S/C14H20FNO2/c1-10(2)8-16(3)9-13(17)12-7-11(15)5-6-14(12)18-4/h5-7,10H,8-9H2,1-4H3. The van der Waals surface area contributed by atoms with Crippen molar-refractivity contribution < 1.29 is 13.9 Å². The lowest BCUT2D eigenvalue weighted by molar-refractivity contribution is 0.0937. The van der Waals surface area contributed by atoms with E-state index in [9.17, 15) is 9.18 Å². The number of Topliss-reactive ketones (excluding diaryl/α,β-unsaturated/α-hetero) is 1. The van der Waals surface area contributed by atoms with E-state index in [1.807, 2.05) is 11.9 Å². The minimum absolute atomic E-state index is 0.130. The molecule has 0 atom stereocenters. The molecule has 1 rings (SSSR count). The van der Waals surface area contributed by atoms with E-state index in [0.717, 1.165) is 6.54 Å². The topological polar surface area (TPSA) is 29.5 Å². The number of methoxy groups -OCH3 is 1. The fourth-order valence-corrected chi connectivity index (χ4v) is 1.92. The first-order chi connectivity index (χ1) is 8.43. The minimum atomic E-state index is -0.425. The van der Waals surface area contributed by atoms with Crippen LogP contribution >= 0.6 is 0 Å².